The van der Waals surface area contributed by atoms with Crippen molar-refractivity contribution in [2.45, 2.75) is 36.4 Å². The van der Waals surface area contributed by atoms with Crippen LogP contribution in [0.5, 0.6) is 0 Å². The lowest BCUT2D eigenvalue weighted by Crippen LogP contribution is -2.34. The van der Waals surface area contributed by atoms with Crippen LogP contribution in [0.3, 0.4) is 0 Å². The number of aromatic nitrogens is 4. The molecule has 1 fully saturated rings. The molecular formula is C17H18N4O7S. The largest absolute Gasteiger partial charge is 0.387 e. The molecule has 154 valence electrons. The number of hydrogen-bond acceptors (Lipinski definition) is 9. The molecule has 0 spiro atoms. The van der Waals surface area contributed by atoms with Gasteiger partial charge in [0.1, 0.15) is 18.3 Å². The van der Waals surface area contributed by atoms with Crippen LogP contribution in [-0.4, -0.2) is 63.1 Å². The Balaban J connectivity index is 1.52. The van der Waals surface area contributed by atoms with Crippen molar-refractivity contribution in [3.63, 3.8) is 0 Å². The maximum atomic E-state index is 12.3. The molecule has 3 heterocycles. The number of hydrogen-bond donors (Lipinski definition) is 3. The van der Waals surface area contributed by atoms with E-state index in [1.807, 2.05) is 6.92 Å². The van der Waals surface area contributed by atoms with Gasteiger partial charge in [-0.1, -0.05) is 17.7 Å². The van der Waals surface area contributed by atoms with E-state index in [9.17, 15) is 23.4 Å². The molecular weight excluding hydrogens is 404 g/mol. The number of aliphatic hydroxyl groups excluding tert-OH is 2. The van der Waals surface area contributed by atoms with E-state index in [4.69, 9.17) is 8.92 Å². The molecule has 11 nitrogen and oxygen atoms in total. The van der Waals surface area contributed by atoms with Crippen LogP contribution in [0.15, 0.2) is 46.6 Å². The van der Waals surface area contributed by atoms with E-state index in [0.717, 1.165) is 5.56 Å². The lowest BCUT2D eigenvalue weighted by atomic mass is 10.1. The van der Waals surface area contributed by atoms with Crippen LogP contribution in [0.25, 0.3) is 11.2 Å². The minimum atomic E-state index is -4.07. The lowest BCUT2D eigenvalue weighted by Gasteiger charge is -2.16. The average Bonchev–Trinajstić information content (AvgIpc) is 3.24. The molecule has 1 saturated heterocycles. The van der Waals surface area contributed by atoms with Gasteiger partial charge in [-0.25, -0.2) is 9.97 Å². The minimum absolute atomic E-state index is 0.0308. The minimum Gasteiger partial charge on any atom is -0.387 e. The fourth-order valence-corrected chi connectivity index (χ4v) is 3.99. The molecule has 0 radical (unpaired) electrons. The van der Waals surface area contributed by atoms with E-state index in [1.165, 1.54) is 29.4 Å². The zero-order valence-electron chi connectivity index (χ0n) is 15.2. The van der Waals surface area contributed by atoms with E-state index in [2.05, 4.69) is 15.0 Å². The fourth-order valence-electron chi connectivity index (χ4n) is 3.08. The second kappa shape index (κ2) is 7.31. The molecule has 4 unspecified atom stereocenters. The number of aryl methyl sites for hydroxylation is 1. The summed E-state index contributed by atoms with van der Waals surface area (Å²) in [6.07, 6.45) is -2.67. The molecule has 3 aromatic rings. The molecule has 1 aliphatic heterocycles. The first kappa shape index (κ1) is 19.7. The van der Waals surface area contributed by atoms with Gasteiger partial charge in [0.25, 0.3) is 15.7 Å². The number of H-pyrrole nitrogens is 1. The number of aromatic amines is 1. The Morgan fingerprint density at radius 3 is 2.66 bits per heavy atom. The third kappa shape index (κ3) is 3.56. The predicted molar refractivity (Wildman–Crippen MR) is 98.4 cm³/mol. The average molecular weight is 422 g/mol. The van der Waals surface area contributed by atoms with Crippen molar-refractivity contribution in [2.75, 3.05) is 6.61 Å². The molecule has 0 saturated carbocycles. The number of nitrogens with one attached hydrogen (secondary N) is 1. The summed E-state index contributed by atoms with van der Waals surface area (Å²) in [5, 5.41) is 20.6. The Labute approximate surface area is 164 Å². The molecule has 0 amide bonds. The normalized spacial score (nSPS) is 24.9. The monoisotopic (exact) mass is 422 g/mol. The van der Waals surface area contributed by atoms with Gasteiger partial charge in [0.2, 0.25) is 0 Å². The molecule has 1 aromatic carbocycles. The number of ether oxygens (including phenoxy) is 1. The number of fused-ring (bicyclic) bond motifs is 1. The van der Waals surface area contributed by atoms with Crippen LogP contribution in [0.1, 0.15) is 11.8 Å². The second-order valence-corrected chi connectivity index (χ2v) is 8.27. The molecule has 0 aliphatic carbocycles. The third-order valence-corrected chi connectivity index (χ3v) is 5.97. The molecule has 3 N–H and O–H groups in total. The lowest BCUT2D eigenvalue weighted by molar-refractivity contribution is -0.0467. The quantitative estimate of drug-likeness (QED) is 0.459. The second-order valence-electron chi connectivity index (χ2n) is 6.65. The van der Waals surface area contributed by atoms with E-state index >= 15 is 0 Å². The molecule has 29 heavy (non-hydrogen) atoms. The summed E-state index contributed by atoms with van der Waals surface area (Å²) in [5.41, 5.74) is 0.619. The summed E-state index contributed by atoms with van der Waals surface area (Å²) in [4.78, 5) is 22.1. The van der Waals surface area contributed by atoms with Gasteiger partial charge in [0.05, 0.1) is 24.2 Å². The van der Waals surface area contributed by atoms with Crippen molar-refractivity contribution in [2.24, 2.45) is 0 Å². The smallest absolute Gasteiger partial charge is 0.297 e. The van der Waals surface area contributed by atoms with Crippen molar-refractivity contribution in [1.29, 1.82) is 0 Å². The number of rotatable bonds is 5. The number of imidazole rings is 1. The van der Waals surface area contributed by atoms with Gasteiger partial charge in [0.15, 0.2) is 17.4 Å². The van der Waals surface area contributed by atoms with Crippen molar-refractivity contribution in [3.05, 3.63) is 52.8 Å². The zero-order chi connectivity index (χ0) is 20.8. The highest BCUT2D eigenvalue weighted by Crippen LogP contribution is 2.31. The summed E-state index contributed by atoms with van der Waals surface area (Å²) < 4.78 is 36.6. The first-order valence-corrected chi connectivity index (χ1v) is 10.1. The number of aliphatic hydroxyl groups is 2. The Bertz CT molecular complexity index is 1190. The Morgan fingerprint density at radius 2 is 1.93 bits per heavy atom. The third-order valence-electron chi connectivity index (χ3n) is 4.67. The maximum Gasteiger partial charge on any atom is 0.297 e. The number of nitrogens with zero attached hydrogens (tertiary/aromatic N) is 3. The Morgan fingerprint density at radius 1 is 1.21 bits per heavy atom. The summed E-state index contributed by atoms with van der Waals surface area (Å²) in [7, 11) is -4.07. The zero-order valence-corrected chi connectivity index (χ0v) is 16.0. The summed E-state index contributed by atoms with van der Waals surface area (Å²) in [6.45, 7) is 1.32. The Hall–Kier alpha value is -2.64. The number of benzene rings is 1. The highest BCUT2D eigenvalue weighted by molar-refractivity contribution is 7.86. The van der Waals surface area contributed by atoms with E-state index in [0.29, 0.717) is 0 Å². The van der Waals surface area contributed by atoms with Crippen LogP contribution in [0.4, 0.5) is 0 Å². The van der Waals surface area contributed by atoms with E-state index in [1.54, 1.807) is 12.1 Å². The summed E-state index contributed by atoms with van der Waals surface area (Å²) in [6, 6.07) is 6.09. The SMILES string of the molecule is Cc1ccc(S(=O)(=O)OCC2OC(n3cnc4c(=O)[nH]cnc43)C(O)C2O)cc1. The molecule has 4 rings (SSSR count). The first-order valence-electron chi connectivity index (χ1n) is 8.66. The van der Waals surface area contributed by atoms with Crippen LogP contribution in [0, 0.1) is 6.92 Å². The molecule has 2 aromatic heterocycles. The van der Waals surface area contributed by atoms with Gasteiger partial charge in [-0.05, 0) is 19.1 Å². The maximum absolute atomic E-state index is 12.3. The highest BCUT2D eigenvalue weighted by Gasteiger charge is 2.45. The molecule has 1 aliphatic rings. The van der Waals surface area contributed by atoms with Crippen molar-refractivity contribution < 1.29 is 27.6 Å². The van der Waals surface area contributed by atoms with Crippen LogP contribution < -0.4 is 5.56 Å². The van der Waals surface area contributed by atoms with Crippen LogP contribution in [0.2, 0.25) is 0 Å². The standard InChI is InChI=1S/C17H18N4O7S/c1-9-2-4-10(5-3-9)29(25,26)27-6-11-13(22)14(23)17(28-11)21-8-20-12-15(21)18-7-19-16(12)24/h2-5,7-8,11,13-14,17,22-23H,6H2,1H3,(H,18,19,24). The van der Waals surface area contributed by atoms with Gasteiger partial charge in [-0.2, -0.15) is 8.42 Å². The van der Waals surface area contributed by atoms with Gasteiger partial charge < -0.3 is 19.9 Å². The van der Waals surface area contributed by atoms with Crippen molar-refractivity contribution in [1.82, 2.24) is 19.5 Å². The van der Waals surface area contributed by atoms with Gasteiger partial charge in [-0.15, -0.1) is 0 Å². The van der Waals surface area contributed by atoms with Crippen LogP contribution >= 0.6 is 0 Å². The van der Waals surface area contributed by atoms with E-state index < -0.39 is 46.8 Å². The highest BCUT2D eigenvalue weighted by atomic mass is 32.2. The van der Waals surface area contributed by atoms with Gasteiger partial charge in [-0.3, -0.25) is 13.5 Å². The van der Waals surface area contributed by atoms with Crippen LogP contribution in [-0.2, 0) is 19.0 Å². The summed E-state index contributed by atoms with van der Waals surface area (Å²) >= 11 is 0. The van der Waals surface area contributed by atoms with E-state index in [-0.39, 0.29) is 16.1 Å². The van der Waals surface area contributed by atoms with Crippen molar-refractivity contribution >= 4 is 21.3 Å². The molecule has 4 atom stereocenters. The fraction of sp³-hybridized carbons (Fsp3) is 0.353. The van der Waals surface area contributed by atoms with Gasteiger partial charge >= 0.3 is 0 Å². The Kier molecular flexibility index (Phi) is 4.96. The molecule has 0 bridgehead atoms. The van der Waals surface area contributed by atoms with Crippen molar-refractivity contribution in [3.8, 4) is 0 Å². The molecule has 12 heteroatoms. The summed E-state index contributed by atoms with van der Waals surface area (Å²) in [5.74, 6) is 0. The van der Waals surface area contributed by atoms with Gasteiger partial charge in [0, 0.05) is 0 Å². The topological polar surface area (TPSA) is 157 Å². The first-order chi connectivity index (χ1) is 13.8. The predicted octanol–water partition coefficient (Wildman–Crippen LogP) is -0.547.